The van der Waals surface area contributed by atoms with Gasteiger partial charge in [-0.15, -0.1) is 0 Å². The molecule has 0 saturated heterocycles. The predicted molar refractivity (Wildman–Crippen MR) is 85.5 cm³/mol. The lowest BCUT2D eigenvalue weighted by Crippen LogP contribution is -2.41. The third kappa shape index (κ3) is 4.47. The van der Waals surface area contributed by atoms with Crippen LogP contribution >= 0.6 is 0 Å². The molecule has 0 spiro atoms. The van der Waals surface area contributed by atoms with Gasteiger partial charge in [-0.3, -0.25) is 5.32 Å². The van der Waals surface area contributed by atoms with Crippen LogP contribution in [0.15, 0.2) is 18.2 Å². The number of nitriles is 1. The first-order chi connectivity index (χ1) is 10.2. The first-order valence-electron chi connectivity index (χ1n) is 8.08. The predicted octanol–water partition coefficient (Wildman–Crippen LogP) is 3.62. The van der Waals surface area contributed by atoms with Crippen LogP contribution in [-0.2, 0) is 12.8 Å². The van der Waals surface area contributed by atoms with Gasteiger partial charge in [-0.1, -0.05) is 13.0 Å². The molecule has 1 aromatic rings. The summed E-state index contributed by atoms with van der Waals surface area (Å²) in [6, 6.07) is 8.83. The molecule has 1 aromatic carbocycles. The molecule has 0 fully saturated rings. The lowest BCUT2D eigenvalue weighted by molar-refractivity contribution is 0.285. The molecular weight excluding hydrogens is 260 g/mol. The minimum Gasteiger partial charge on any atom is -0.494 e. The minimum atomic E-state index is -0.433. The molecule has 0 amide bonds. The molecule has 0 heterocycles. The van der Waals surface area contributed by atoms with E-state index in [9.17, 15) is 5.26 Å². The highest BCUT2D eigenvalue weighted by molar-refractivity contribution is 5.38. The zero-order valence-corrected chi connectivity index (χ0v) is 13.2. The molecule has 1 aliphatic carbocycles. The maximum Gasteiger partial charge on any atom is 0.119 e. The number of rotatable bonds is 8. The fourth-order valence-corrected chi connectivity index (χ4v) is 2.84. The van der Waals surface area contributed by atoms with Gasteiger partial charge in [0.05, 0.1) is 12.7 Å². The summed E-state index contributed by atoms with van der Waals surface area (Å²) in [5.74, 6) is 0.968. The number of hydrogen-bond acceptors (Lipinski definition) is 3. The van der Waals surface area contributed by atoms with E-state index in [1.165, 1.54) is 30.4 Å². The highest BCUT2D eigenvalue weighted by Gasteiger charge is 2.21. The molecule has 3 heteroatoms. The first-order valence-corrected chi connectivity index (χ1v) is 8.08. The second kappa shape index (κ2) is 7.47. The van der Waals surface area contributed by atoms with E-state index in [0.29, 0.717) is 6.61 Å². The van der Waals surface area contributed by atoms with Gasteiger partial charge in [-0.05, 0) is 75.3 Å². The highest BCUT2D eigenvalue weighted by atomic mass is 16.5. The molecule has 0 radical (unpaired) electrons. The molecule has 2 rings (SSSR count). The van der Waals surface area contributed by atoms with Gasteiger partial charge >= 0.3 is 0 Å². The molecule has 0 aromatic heterocycles. The van der Waals surface area contributed by atoms with Crippen molar-refractivity contribution in [2.24, 2.45) is 0 Å². The van der Waals surface area contributed by atoms with Crippen molar-refractivity contribution in [2.45, 2.75) is 57.9 Å². The smallest absolute Gasteiger partial charge is 0.119 e. The first kappa shape index (κ1) is 15.9. The summed E-state index contributed by atoms with van der Waals surface area (Å²) in [4.78, 5) is 0. The van der Waals surface area contributed by atoms with E-state index >= 15 is 0 Å². The Morgan fingerprint density at radius 1 is 1.33 bits per heavy atom. The summed E-state index contributed by atoms with van der Waals surface area (Å²) in [5, 5.41) is 12.6. The molecule has 0 aliphatic heterocycles. The van der Waals surface area contributed by atoms with Gasteiger partial charge in [0.15, 0.2) is 0 Å². The topological polar surface area (TPSA) is 45.0 Å². The van der Waals surface area contributed by atoms with Crippen molar-refractivity contribution in [3.05, 3.63) is 29.3 Å². The van der Waals surface area contributed by atoms with Gasteiger partial charge in [-0.2, -0.15) is 5.26 Å². The van der Waals surface area contributed by atoms with Gasteiger partial charge in [0.2, 0.25) is 0 Å². The standard InChI is InChI=1S/C18H26N2O/c1-3-11-20-18(2,14-19)10-5-12-21-17-9-8-15-6-4-7-16(15)13-17/h8-9,13,20H,3-7,10-12H2,1-2H3. The van der Waals surface area contributed by atoms with Gasteiger partial charge in [0, 0.05) is 0 Å². The Hall–Kier alpha value is -1.53. The Morgan fingerprint density at radius 3 is 2.90 bits per heavy atom. The van der Waals surface area contributed by atoms with Gasteiger partial charge in [-0.25, -0.2) is 0 Å². The number of nitrogens with zero attached hydrogens (tertiary/aromatic N) is 1. The average molecular weight is 286 g/mol. The number of ether oxygens (including phenoxy) is 1. The van der Waals surface area contributed by atoms with Crippen LogP contribution in [0.5, 0.6) is 5.75 Å². The van der Waals surface area contributed by atoms with E-state index in [4.69, 9.17) is 4.74 Å². The van der Waals surface area contributed by atoms with Crippen LogP contribution in [0.1, 0.15) is 50.7 Å². The van der Waals surface area contributed by atoms with Crippen molar-refractivity contribution in [1.82, 2.24) is 5.32 Å². The molecular formula is C18H26N2O. The van der Waals surface area contributed by atoms with Gasteiger partial charge in [0.1, 0.15) is 11.3 Å². The normalized spacial score (nSPS) is 16.0. The molecule has 1 aliphatic rings. The fourth-order valence-electron chi connectivity index (χ4n) is 2.84. The van der Waals surface area contributed by atoms with Crippen LogP contribution in [0.25, 0.3) is 0 Å². The summed E-state index contributed by atoms with van der Waals surface area (Å²) >= 11 is 0. The number of fused-ring (bicyclic) bond motifs is 1. The van der Waals surface area contributed by atoms with Crippen molar-refractivity contribution in [1.29, 1.82) is 5.26 Å². The van der Waals surface area contributed by atoms with Gasteiger partial charge in [0.25, 0.3) is 0 Å². The Kier molecular flexibility index (Phi) is 5.64. The number of benzene rings is 1. The summed E-state index contributed by atoms with van der Waals surface area (Å²) < 4.78 is 5.84. The van der Waals surface area contributed by atoms with E-state index in [2.05, 4.69) is 36.5 Å². The Labute approximate surface area is 128 Å². The zero-order chi connectivity index (χ0) is 15.1. The SMILES string of the molecule is CCCNC(C)(C#N)CCCOc1ccc2c(c1)CCC2. The lowest BCUT2D eigenvalue weighted by Gasteiger charge is -2.23. The van der Waals surface area contributed by atoms with Crippen LogP contribution in [0.4, 0.5) is 0 Å². The third-order valence-corrected chi connectivity index (χ3v) is 4.17. The van der Waals surface area contributed by atoms with Crippen LogP contribution in [0.3, 0.4) is 0 Å². The Balaban J connectivity index is 1.75. The monoisotopic (exact) mass is 286 g/mol. The fraction of sp³-hybridized carbons (Fsp3) is 0.611. The lowest BCUT2D eigenvalue weighted by atomic mass is 9.98. The van der Waals surface area contributed by atoms with Crippen LogP contribution in [-0.4, -0.2) is 18.7 Å². The van der Waals surface area contributed by atoms with Crippen molar-refractivity contribution >= 4 is 0 Å². The molecule has 3 nitrogen and oxygen atoms in total. The summed E-state index contributed by atoms with van der Waals surface area (Å²) in [6.07, 6.45) is 6.40. The van der Waals surface area contributed by atoms with E-state index < -0.39 is 5.54 Å². The largest absolute Gasteiger partial charge is 0.494 e. The minimum absolute atomic E-state index is 0.433. The van der Waals surface area contributed by atoms with Crippen LogP contribution in [0, 0.1) is 11.3 Å². The van der Waals surface area contributed by atoms with Crippen molar-refractivity contribution in [3.63, 3.8) is 0 Å². The highest BCUT2D eigenvalue weighted by Crippen LogP contribution is 2.26. The van der Waals surface area contributed by atoms with Crippen molar-refractivity contribution < 1.29 is 4.74 Å². The number of aryl methyl sites for hydroxylation is 2. The zero-order valence-electron chi connectivity index (χ0n) is 13.2. The second-order valence-electron chi connectivity index (χ2n) is 6.11. The Morgan fingerprint density at radius 2 is 2.14 bits per heavy atom. The quantitative estimate of drug-likeness (QED) is 0.742. The van der Waals surface area contributed by atoms with E-state index in [-0.39, 0.29) is 0 Å². The second-order valence-corrected chi connectivity index (χ2v) is 6.11. The molecule has 1 unspecified atom stereocenters. The summed E-state index contributed by atoms with van der Waals surface area (Å²) in [7, 11) is 0. The summed E-state index contributed by atoms with van der Waals surface area (Å²) in [5.41, 5.74) is 2.49. The maximum absolute atomic E-state index is 9.28. The molecule has 0 bridgehead atoms. The molecule has 1 atom stereocenters. The molecule has 0 saturated carbocycles. The average Bonchev–Trinajstić information content (AvgIpc) is 2.97. The third-order valence-electron chi connectivity index (χ3n) is 4.17. The van der Waals surface area contributed by atoms with Gasteiger partial charge < -0.3 is 4.74 Å². The van der Waals surface area contributed by atoms with E-state index in [0.717, 1.165) is 31.6 Å². The van der Waals surface area contributed by atoms with E-state index in [1.54, 1.807) is 0 Å². The Bertz CT molecular complexity index is 506. The molecule has 21 heavy (non-hydrogen) atoms. The van der Waals surface area contributed by atoms with Crippen molar-refractivity contribution in [2.75, 3.05) is 13.2 Å². The van der Waals surface area contributed by atoms with Crippen LogP contribution in [0.2, 0.25) is 0 Å². The number of nitrogens with one attached hydrogen (secondary N) is 1. The summed E-state index contributed by atoms with van der Waals surface area (Å²) in [6.45, 7) is 5.64. The number of hydrogen-bond donors (Lipinski definition) is 1. The molecule has 1 N–H and O–H groups in total. The maximum atomic E-state index is 9.28. The van der Waals surface area contributed by atoms with Crippen molar-refractivity contribution in [3.8, 4) is 11.8 Å². The van der Waals surface area contributed by atoms with Crippen LogP contribution < -0.4 is 10.1 Å². The molecule has 114 valence electrons. The van der Waals surface area contributed by atoms with E-state index in [1.807, 2.05) is 6.92 Å².